The van der Waals surface area contributed by atoms with Gasteiger partial charge in [0.05, 0.1) is 10.7 Å². The van der Waals surface area contributed by atoms with Crippen molar-refractivity contribution >= 4 is 25.3 Å². The number of halogens is 2. The van der Waals surface area contributed by atoms with Gasteiger partial charge in [0.25, 0.3) is 5.91 Å². The van der Waals surface area contributed by atoms with E-state index in [0.29, 0.717) is 10.6 Å². The van der Waals surface area contributed by atoms with E-state index in [1.807, 2.05) is 0 Å². The van der Waals surface area contributed by atoms with Crippen LogP contribution < -0.4 is 9.84 Å². The summed E-state index contributed by atoms with van der Waals surface area (Å²) in [6.45, 7) is -0.310. The maximum atomic E-state index is 15.6. The lowest BCUT2D eigenvalue weighted by molar-refractivity contribution is -0.184. The summed E-state index contributed by atoms with van der Waals surface area (Å²) < 4.78 is 72.9. The number of phosphoric ester groups is 1. The van der Waals surface area contributed by atoms with E-state index in [0.717, 1.165) is 17.2 Å². The van der Waals surface area contributed by atoms with Gasteiger partial charge in [-0.1, -0.05) is 18.2 Å². The maximum Gasteiger partial charge on any atom is 0.530 e. The molecule has 1 amide bonds. The Hall–Kier alpha value is -1.94. The second kappa shape index (κ2) is 7.39. The highest BCUT2D eigenvalue weighted by Crippen LogP contribution is 2.55. The second-order valence-corrected chi connectivity index (χ2v) is 8.22. The van der Waals surface area contributed by atoms with Crippen molar-refractivity contribution in [2.24, 2.45) is 0 Å². The number of phosphoric acid groups is 1. The van der Waals surface area contributed by atoms with Crippen molar-refractivity contribution in [2.45, 2.75) is 31.2 Å². The summed E-state index contributed by atoms with van der Waals surface area (Å²) >= 11 is 5.86. The topological polar surface area (TPSA) is 107 Å². The number of hydrogen-bond donors (Lipinski definition) is 2. The maximum absolute atomic E-state index is 15.6. The Morgan fingerprint density at radius 3 is 3.17 bits per heavy atom. The van der Waals surface area contributed by atoms with Crippen molar-refractivity contribution < 1.29 is 41.3 Å². The molecule has 1 fully saturated rings. The van der Waals surface area contributed by atoms with Gasteiger partial charge in [0, 0.05) is 29.3 Å². The van der Waals surface area contributed by atoms with Crippen molar-refractivity contribution in [3.05, 3.63) is 53.5 Å². The van der Waals surface area contributed by atoms with E-state index in [-0.39, 0.29) is 18.2 Å². The molecule has 2 N–H and O–H groups in total. The van der Waals surface area contributed by atoms with E-state index in [9.17, 15) is 14.5 Å². The first-order valence-corrected chi connectivity index (χ1v) is 10.1. The molecule has 4 atom stereocenters. The van der Waals surface area contributed by atoms with E-state index < -0.39 is 44.9 Å². The molecule has 29 heavy (non-hydrogen) atoms. The lowest BCUT2D eigenvalue weighted by atomic mass is 10.1. The lowest BCUT2D eigenvalue weighted by Gasteiger charge is -2.33. The Morgan fingerprint density at radius 2 is 2.41 bits per heavy atom. The van der Waals surface area contributed by atoms with Crippen LogP contribution in [-0.2, 0) is 29.8 Å². The number of nitrogens with zero attached hydrogens (tertiary/aromatic N) is 1. The number of alkyl halides is 1. The molecule has 1 saturated heterocycles. The highest BCUT2D eigenvalue weighted by Gasteiger charge is 2.51. The van der Waals surface area contributed by atoms with Crippen LogP contribution in [0.1, 0.15) is 16.1 Å². The van der Waals surface area contributed by atoms with Crippen LogP contribution in [-0.4, -0.2) is 40.6 Å². The molecule has 0 aliphatic carbocycles. The Labute approximate surface area is 174 Å². The molecule has 0 saturated carbocycles. The molecule has 9 nitrogen and oxygen atoms in total. The van der Waals surface area contributed by atoms with Gasteiger partial charge in [-0.05, 0) is 18.2 Å². The van der Waals surface area contributed by atoms with E-state index >= 15 is 4.39 Å². The number of carbonyl (C=O) groups is 1. The number of benzene rings is 1. The predicted octanol–water partition coefficient (Wildman–Crippen LogP) is 2.56. The van der Waals surface area contributed by atoms with Gasteiger partial charge in [0.15, 0.2) is 6.20 Å². The zero-order valence-corrected chi connectivity index (χ0v) is 16.3. The highest BCUT2D eigenvalue weighted by molar-refractivity contribution is 7.49. The zero-order valence-electron chi connectivity index (χ0n) is 17.6. The minimum Gasteiger partial charge on any atom is -0.404 e. The summed E-state index contributed by atoms with van der Waals surface area (Å²) in [5.74, 6) is -4.20. The summed E-state index contributed by atoms with van der Waals surface area (Å²) in [6.07, 6.45) is -3.63. The van der Waals surface area contributed by atoms with Gasteiger partial charge in [-0.25, -0.2) is 8.96 Å². The first-order chi connectivity index (χ1) is 14.8. The second-order valence-electron chi connectivity index (χ2n) is 6.27. The monoisotopic (exact) mass is 449 g/mol. The summed E-state index contributed by atoms with van der Waals surface area (Å²) in [5, 5.41) is 13.0. The standard InChI is InChI=1S/C17H17ClFN2O7P/c1-10-20-15(23)4-5-21(10)16-13(22)7-17(19,27-16)9-26-29(24)25-8-11-6-12(18)2-3-14(11)28-29/h2-6,13,16,22H,1,7-9H2,(H,20,23)/t13-,16-,17+,29?/m1/s1/i9D2,16D. The van der Waals surface area contributed by atoms with Crippen molar-refractivity contribution in [3.8, 4) is 5.75 Å². The fourth-order valence-corrected chi connectivity index (χ4v) is 4.08. The number of rotatable bonds is 4. The third kappa shape index (κ3) is 4.18. The van der Waals surface area contributed by atoms with Crippen LogP contribution in [0.15, 0.2) is 42.9 Å². The van der Waals surface area contributed by atoms with Crippen LogP contribution in [0.5, 0.6) is 5.75 Å². The van der Waals surface area contributed by atoms with Gasteiger partial charge in [-0.2, -0.15) is 0 Å². The molecule has 1 aromatic rings. The SMILES string of the molecule is [2H]C([2H])(OP1(=O)OCc2cc(Cl)ccc2O1)[C@]1(F)C[C@@H](O)[C@]([2H])(N2C=CC(=O)NC2=C)O1. The number of aliphatic hydroxyl groups is 1. The van der Waals surface area contributed by atoms with Gasteiger partial charge in [-0.15, -0.1) is 0 Å². The summed E-state index contributed by atoms with van der Waals surface area (Å²) in [5.41, 5.74) is 0.415. The number of ether oxygens (including phenoxy) is 1. The molecule has 12 heteroatoms. The highest BCUT2D eigenvalue weighted by atomic mass is 35.5. The average molecular weight is 450 g/mol. The molecular weight excluding hydrogens is 430 g/mol. The van der Waals surface area contributed by atoms with Crippen molar-refractivity contribution in [2.75, 3.05) is 6.56 Å². The summed E-state index contributed by atoms with van der Waals surface area (Å²) in [4.78, 5) is 12.2. The van der Waals surface area contributed by atoms with E-state index in [1.165, 1.54) is 18.2 Å². The smallest absolute Gasteiger partial charge is 0.404 e. The molecule has 4 rings (SSSR count). The fraction of sp³-hybridized carbons (Fsp3) is 0.353. The van der Waals surface area contributed by atoms with E-state index in [1.54, 1.807) is 0 Å². The van der Waals surface area contributed by atoms with Crippen LogP contribution in [0, 0.1) is 0 Å². The largest absolute Gasteiger partial charge is 0.530 e. The van der Waals surface area contributed by atoms with Crippen molar-refractivity contribution in [1.29, 1.82) is 0 Å². The number of amides is 1. The molecular formula is C17H17ClFN2O7P. The molecule has 3 aliphatic rings. The third-order valence-corrected chi connectivity index (χ3v) is 5.51. The zero-order chi connectivity index (χ0) is 23.5. The van der Waals surface area contributed by atoms with Crippen LogP contribution in [0.3, 0.4) is 0 Å². The molecule has 0 bridgehead atoms. The quantitative estimate of drug-likeness (QED) is 0.675. The van der Waals surface area contributed by atoms with Crippen LogP contribution >= 0.6 is 19.4 Å². The molecule has 0 radical (unpaired) electrons. The van der Waals surface area contributed by atoms with Gasteiger partial charge >= 0.3 is 7.82 Å². The number of nitrogens with one attached hydrogen (secondary N) is 1. The number of fused-ring (bicyclic) bond motifs is 1. The third-order valence-electron chi connectivity index (χ3n) is 4.10. The molecule has 3 aliphatic heterocycles. The minimum absolute atomic E-state index is 0.0420. The van der Waals surface area contributed by atoms with Crippen molar-refractivity contribution in [1.82, 2.24) is 10.2 Å². The Kier molecular flexibility index (Phi) is 4.28. The Morgan fingerprint density at radius 1 is 1.62 bits per heavy atom. The van der Waals surface area contributed by atoms with Crippen LogP contribution in [0.2, 0.25) is 5.02 Å². The van der Waals surface area contributed by atoms with E-state index in [4.69, 9.17) is 34.0 Å². The molecule has 1 aromatic carbocycles. The fourth-order valence-electron chi connectivity index (χ4n) is 2.78. The number of hydrogen-bond acceptors (Lipinski definition) is 8. The first kappa shape index (κ1) is 16.8. The van der Waals surface area contributed by atoms with E-state index in [2.05, 4.69) is 11.9 Å². The minimum atomic E-state index is -4.67. The Balaban J connectivity index is 1.57. The predicted molar refractivity (Wildman–Crippen MR) is 98.0 cm³/mol. The van der Waals surface area contributed by atoms with Crippen LogP contribution in [0.25, 0.3) is 0 Å². The molecule has 1 unspecified atom stereocenters. The van der Waals surface area contributed by atoms with Gasteiger partial charge in [0.1, 0.15) is 24.2 Å². The number of aliphatic hydroxyl groups excluding tert-OH is 1. The normalized spacial score (nSPS) is 38.5. The number of carbonyl (C=O) groups excluding carboxylic acids is 1. The average Bonchev–Trinajstić information content (AvgIpc) is 2.92. The molecule has 0 spiro atoms. The first-order valence-electron chi connectivity index (χ1n) is 9.75. The van der Waals surface area contributed by atoms with Gasteiger partial charge in [-0.3, -0.25) is 13.8 Å². The van der Waals surface area contributed by atoms with Crippen molar-refractivity contribution in [3.63, 3.8) is 0 Å². The summed E-state index contributed by atoms with van der Waals surface area (Å²) in [7, 11) is -4.67. The van der Waals surface area contributed by atoms with Gasteiger partial charge in [0.2, 0.25) is 5.85 Å². The molecule has 156 valence electrons. The molecule has 0 aromatic heterocycles. The Bertz CT molecular complexity index is 1080. The van der Waals surface area contributed by atoms with Crippen LogP contribution in [0.4, 0.5) is 4.39 Å². The molecule has 3 heterocycles. The lowest BCUT2D eigenvalue weighted by Crippen LogP contribution is -2.45. The summed E-state index contributed by atoms with van der Waals surface area (Å²) in [6, 6.07) is 4.28. The van der Waals surface area contributed by atoms with Gasteiger partial charge < -0.3 is 24.6 Å².